The molecule has 1 aliphatic rings. The fourth-order valence-electron chi connectivity index (χ4n) is 2.96. The molecular weight excluding hydrogens is 347 g/mol. The van der Waals surface area contributed by atoms with Gasteiger partial charge in [0, 0.05) is 12.3 Å². The molecule has 1 saturated carbocycles. The van der Waals surface area contributed by atoms with E-state index in [9.17, 15) is 14.3 Å². The van der Waals surface area contributed by atoms with E-state index in [4.69, 9.17) is 16.3 Å². The minimum atomic E-state index is -0.531. The molecular formula is C18H18ClFN2O3. The van der Waals surface area contributed by atoms with E-state index in [-0.39, 0.29) is 28.6 Å². The minimum absolute atomic E-state index is 0.0708. The molecule has 7 heteroatoms. The average Bonchev–Trinajstić information content (AvgIpc) is 2.59. The largest absolute Gasteiger partial charge is 0.481 e. The molecule has 1 aromatic carbocycles. The molecule has 1 aromatic heterocycles. The van der Waals surface area contributed by atoms with Crippen molar-refractivity contribution in [2.24, 2.45) is 5.92 Å². The molecule has 0 spiro atoms. The van der Waals surface area contributed by atoms with E-state index in [1.54, 1.807) is 12.3 Å². The van der Waals surface area contributed by atoms with Gasteiger partial charge in [-0.25, -0.2) is 9.37 Å². The van der Waals surface area contributed by atoms with Crippen molar-refractivity contribution < 1.29 is 19.0 Å². The van der Waals surface area contributed by atoms with Crippen LogP contribution in [0.3, 0.4) is 0 Å². The summed E-state index contributed by atoms with van der Waals surface area (Å²) in [4.78, 5) is 16.7. The zero-order valence-electron chi connectivity index (χ0n) is 13.6. The Bertz CT molecular complexity index is 763. The molecule has 3 rings (SSSR count). The zero-order chi connectivity index (χ0) is 18.0. The Kier molecular flexibility index (Phi) is 5.20. The number of ether oxygens (including phenoxy) is 1. The number of rotatable bonds is 5. The van der Waals surface area contributed by atoms with Crippen LogP contribution in [-0.4, -0.2) is 29.2 Å². The predicted octanol–water partition coefficient (Wildman–Crippen LogP) is 3.12. The first-order valence-corrected chi connectivity index (χ1v) is 8.29. The highest BCUT2D eigenvalue weighted by atomic mass is 35.5. The van der Waals surface area contributed by atoms with Crippen molar-refractivity contribution in [1.29, 1.82) is 0 Å². The Labute approximate surface area is 149 Å². The second-order valence-corrected chi connectivity index (χ2v) is 6.50. The molecule has 0 unspecified atom stereocenters. The number of aromatic nitrogens is 1. The number of carbonyl (C=O) groups is 1. The quantitative estimate of drug-likeness (QED) is 0.855. The standard InChI is InChI=1S/C18H18ClFN2O3/c1-25-16-5-2-10(9-21-16)17(11-6-13(23)7-11)22-18(24)14-8-12(20)3-4-15(14)19/h2-5,8-9,11,13,17,23H,6-7H2,1H3,(H,22,24)/t11?,13?,17-/m0/s1. The molecule has 1 fully saturated rings. The van der Waals surface area contributed by atoms with Crippen LogP contribution < -0.4 is 10.1 Å². The van der Waals surface area contributed by atoms with E-state index < -0.39 is 11.7 Å². The molecule has 0 saturated heterocycles. The van der Waals surface area contributed by atoms with Crippen LogP contribution in [0.15, 0.2) is 36.5 Å². The highest BCUT2D eigenvalue weighted by Gasteiger charge is 2.36. The third kappa shape index (κ3) is 3.91. The first kappa shape index (κ1) is 17.6. The van der Waals surface area contributed by atoms with Crippen LogP contribution in [0.2, 0.25) is 5.02 Å². The van der Waals surface area contributed by atoms with Crippen LogP contribution in [0.4, 0.5) is 4.39 Å². The van der Waals surface area contributed by atoms with E-state index in [1.165, 1.54) is 19.2 Å². The normalized spacial score (nSPS) is 20.5. The molecule has 2 aromatic rings. The molecule has 0 bridgehead atoms. The third-order valence-electron chi connectivity index (χ3n) is 4.41. The fourth-order valence-corrected chi connectivity index (χ4v) is 3.17. The summed E-state index contributed by atoms with van der Waals surface area (Å²) in [7, 11) is 1.52. The van der Waals surface area contributed by atoms with Crippen molar-refractivity contribution in [1.82, 2.24) is 10.3 Å². The van der Waals surface area contributed by atoms with Gasteiger partial charge >= 0.3 is 0 Å². The lowest BCUT2D eigenvalue weighted by Gasteiger charge is -2.38. The molecule has 25 heavy (non-hydrogen) atoms. The highest BCUT2D eigenvalue weighted by Crippen LogP contribution is 2.38. The number of methoxy groups -OCH3 is 1. The first-order chi connectivity index (χ1) is 12.0. The lowest BCUT2D eigenvalue weighted by Crippen LogP contribution is -2.41. The first-order valence-electron chi connectivity index (χ1n) is 7.92. The Balaban J connectivity index is 1.84. The van der Waals surface area contributed by atoms with Gasteiger partial charge in [-0.1, -0.05) is 17.7 Å². The van der Waals surface area contributed by atoms with E-state index in [1.807, 2.05) is 6.07 Å². The van der Waals surface area contributed by atoms with Crippen molar-refractivity contribution >= 4 is 17.5 Å². The number of halogens is 2. The summed E-state index contributed by atoms with van der Waals surface area (Å²) in [5, 5.41) is 12.7. The summed E-state index contributed by atoms with van der Waals surface area (Å²) in [6.45, 7) is 0. The summed E-state index contributed by atoms with van der Waals surface area (Å²) in [6, 6.07) is 6.83. The number of aliphatic hydroxyl groups is 1. The molecule has 0 radical (unpaired) electrons. The molecule has 2 N–H and O–H groups in total. The molecule has 1 heterocycles. The maximum atomic E-state index is 13.4. The molecule has 1 atom stereocenters. The highest BCUT2D eigenvalue weighted by molar-refractivity contribution is 6.33. The fraction of sp³-hybridized carbons (Fsp3) is 0.333. The van der Waals surface area contributed by atoms with Crippen molar-refractivity contribution in [2.75, 3.05) is 7.11 Å². The van der Waals surface area contributed by atoms with Gasteiger partial charge in [0.1, 0.15) is 5.82 Å². The van der Waals surface area contributed by atoms with Gasteiger partial charge in [0.25, 0.3) is 5.91 Å². The Morgan fingerprint density at radius 3 is 2.76 bits per heavy atom. The monoisotopic (exact) mass is 364 g/mol. The van der Waals surface area contributed by atoms with E-state index in [0.717, 1.165) is 11.6 Å². The number of hydrogen-bond acceptors (Lipinski definition) is 4. The number of hydrogen-bond donors (Lipinski definition) is 2. The number of nitrogens with one attached hydrogen (secondary N) is 1. The van der Waals surface area contributed by atoms with E-state index in [2.05, 4.69) is 10.3 Å². The topological polar surface area (TPSA) is 71.5 Å². The van der Waals surface area contributed by atoms with Crippen molar-refractivity contribution in [3.05, 3.63) is 58.5 Å². The maximum Gasteiger partial charge on any atom is 0.253 e. The number of benzene rings is 1. The summed E-state index contributed by atoms with van der Waals surface area (Å²) in [5.74, 6) is -0.458. The second kappa shape index (κ2) is 7.37. The Morgan fingerprint density at radius 1 is 1.40 bits per heavy atom. The summed E-state index contributed by atoms with van der Waals surface area (Å²) < 4.78 is 18.5. The molecule has 1 aliphatic carbocycles. The van der Waals surface area contributed by atoms with Crippen molar-refractivity contribution in [2.45, 2.75) is 25.0 Å². The van der Waals surface area contributed by atoms with Gasteiger partial charge in [-0.15, -0.1) is 0 Å². The SMILES string of the molecule is COc1ccc([C@H](NC(=O)c2cc(F)ccc2Cl)C2CC(O)C2)cn1. The number of pyridine rings is 1. The van der Waals surface area contributed by atoms with E-state index in [0.29, 0.717) is 18.7 Å². The van der Waals surface area contributed by atoms with E-state index >= 15 is 0 Å². The zero-order valence-corrected chi connectivity index (χ0v) is 14.3. The summed E-state index contributed by atoms with van der Waals surface area (Å²) in [6.07, 6.45) is 2.41. The number of nitrogens with zero attached hydrogens (tertiary/aromatic N) is 1. The van der Waals surface area contributed by atoms with Crippen LogP contribution in [-0.2, 0) is 0 Å². The lowest BCUT2D eigenvalue weighted by atomic mass is 9.75. The Hall–Kier alpha value is -2.18. The van der Waals surface area contributed by atoms with Crippen LogP contribution in [0, 0.1) is 11.7 Å². The van der Waals surface area contributed by atoms with Crippen LogP contribution >= 0.6 is 11.6 Å². The van der Waals surface area contributed by atoms with Crippen molar-refractivity contribution in [3.63, 3.8) is 0 Å². The van der Waals surface area contributed by atoms with Crippen molar-refractivity contribution in [3.8, 4) is 5.88 Å². The van der Waals surface area contributed by atoms with Gasteiger partial charge in [0.2, 0.25) is 5.88 Å². The second-order valence-electron chi connectivity index (χ2n) is 6.09. The van der Waals surface area contributed by atoms with Gasteiger partial charge in [0.05, 0.1) is 29.8 Å². The number of carbonyl (C=O) groups excluding carboxylic acids is 1. The average molecular weight is 365 g/mol. The Morgan fingerprint density at radius 2 is 2.16 bits per heavy atom. The van der Waals surface area contributed by atoms with Gasteiger partial charge in [-0.05, 0) is 42.5 Å². The predicted molar refractivity (Wildman–Crippen MR) is 91.1 cm³/mol. The third-order valence-corrected chi connectivity index (χ3v) is 4.74. The van der Waals surface area contributed by atoms with Gasteiger partial charge in [-0.2, -0.15) is 0 Å². The molecule has 132 valence electrons. The minimum Gasteiger partial charge on any atom is -0.481 e. The molecule has 0 aliphatic heterocycles. The maximum absolute atomic E-state index is 13.4. The number of amides is 1. The smallest absolute Gasteiger partial charge is 0.253 e. The molecule has 1 amide bonds. The lowest BCUT2D eigenvalue weighted by molar-refractivity contribution is 0.0234. The summed E-state index contributed by atoms with van der Waals surface area (Å²) >= 11 is 6.01. The van der Waals surface area contributed by atoms with Gasteiger partial charge < -0.3 is 15.2 Å². The van der Waals surface area contributed by atoms with Gasteiger partial charge in [-0.3, -0.25) is 4.79 Å². The van der Waals surface area contributed by atoms with Crippen LogP contribution in [0.1, 0.15) is 34.8 Å². The number of aliphatic hydroxyl groups excluding tert-OH is 1. The van der Waals surface area contributed by atoms with Crippen LogP contribution in [0.25, 0.3) is 0 Å². The van der Waals surface area contributed by atoms with Gasteiger partial charge in [0.15, 0.2) is 0 Å². The molecule has 5 nitrogen and oxygen atoms in total. The van der Waals surface area contributed by atoms with Crippen LogP contribution in [0.5, 0.6) is 5.88 Å². The summed E-state index contributed by atoms with van der Waals surface area (Å²) in [5.41, 5.74) is 0.867.